The van der Waals surface area contributed by atoms with Crippen LogP contribution in [0, 0.1) is 19.3 Å². The molecule has 1 atom stereocenters. The Morgan fingerprint density at radius 2 is 1.95 bits per heavy atom. The zero-order chi connectivity index (χ0) is 15.6. The normalized spacial score (nSPS) is 17.8. The molecule has 1 fully saturated rings. The number of rotatable bonds is 4. The van der Waals surface area contributed by atoms with Gasteiger partial charge in [-0.15, -0.1) is 0 Å². The fourth-order valence-corrected chi connectivity index (χ4v) is 3.05. The monoisotopic (exact) mass is 289 g/mol. The van der Waals surface area contributed by atoms with Gasteiger partial charge in [-0.3, -0.25) is 15.3 Å². The van der Waals surface area contributed by atoms with Crippen LogP contribution in [0.1, 0.15) is 37.2 Å². The summed E-state index contributed by atoms with van der Waals surface area (Å²) in [7, 11) is 0. The number of hydrogen-bond donors (Lipinski definition) is 2. The predicted molar refractivity (Wildman–Crippen MR) is 88.3 cm³/mol. The van der Waals surface area contributed by atoms with Crippen molar-refractivity contribution in [3.63, 3.8) is 0 Å². The quantitative estimate of drug-likeness (QED) is 0.656. The fourth-order valence-electron chi connectivity index (χ4n) is 3.05. The van der Waals surface area contributed by atoms with Crippen molar-refractivity contribution >= 4 is 11.5 Å². The molecule has 0 aromatic carbocycles. The Balaban J connectivity index is 2.22. The van der Waals surface area contributed by atoms with Gasteiger partial charge in [-0.05, 0) is 33.3 Å². The third kappa shape index (κ3) is 3.35. The maximum Gasteiger partial charge on any atom is 0.126 e. The van der Waals surface area contributed by atoms with Crippen LogP contribution in [0.4, 0.5) is 5.69 Å². The Bertz CT molecular complexity index is 518. The summed E-state index contributed by atoms with van der Waals surface area (Å²) >= 11 is 0. The van der Waals surface area contributed by atoms with E-state index in [9.17, 15) is 0 Å². The minimum absolute atomic E-state index is 0.111. The van der Waals surface area contributed by atoms with Gasteiger partial charge in [0.2, 0.25) is 0 Å². The van der Waals surface area contributed by atoms with Gasteiger partial charge in [-0.2, -0.15) is 0 Å². The summed E-state index contributed by atoms with van der Waals surface area (Å²) in [5, 5.41) is 7.84. The highest BCUT2D eigenvalue weighted by Gasteiger charge is 2.23. The third-order valence-electron chi connectivity index (χ3n) is 4.45. The lowest BCUT2D eigenvalue weighted by Crippen LogP contribution is -2.50. The molecule has 0 saturated carbocycles. The number of aromatic nitrogens is 1. The SMILES string of the molecule is CCC(C)N1CCN(c2cc(C)nc(C)c2C(=N)N)CC1. The number of pyridine rings is 1. The third-order valence-corrected chi connectivity index (χ3v) is 4.45. The van der Waals surface area contributed by atoms with Crippen LogP contribution in [0.2, 0.25) is 0 Å². The topological polar surface area (TPSA) is 69.2 Å². The molecule has 2 heterocycles. The maximum atomic E-state index is 7.84. The first kappa shape index (κ1) is 15.8. The first-order valence-electron chi connectivity index (χ1n) is 7.75. The van der Waals surface area contributed by atoms with Crippen molar-refractivity contribution in [3.8, 4) is 0 Å². The highest BCUT2D eigenvalue weighted by atomic mass is 15.3. The summed E-state index contributed by atoms with van der Waals surface area (Å²) in [6, 6.07) is 2.70. The summed E-state index contributed by atoms with van der Waals surface area (Å²) in [6.45, 7) is 12.5. The fraction of sp³-hybridized carbons (Fsp3) is 0.625. The lowest BCUT2D eigenvalue weighted by molar-refractivity contribution is 0.193. The van der Waals surface area contributed by atoms with Gasteiger partial charge in [-0.25, -0.2) is 0 Å². The Morgan fingerprint density at radius 1 is 1.33 bits per heavy atom. The average Bonchev–Trinajstić information content (AvgIpc) is 2.45. The Morgan fingerprint density at radius 3 is 2.48 bits per heavy atom. The minimum atomic E-state index is 0.111. The summed E-state index contributed by atoms with van der Waals surface area (Å²) in [5.41, 5.74) is 9.46. The Hall–Kier alpha value is -1.62. The number of nitrogen functional groups attached to an aromatic ring is 1. The smallest absolute Gasteiger partial charge is 0.126 e. The van der Waals surface area contributed by atoms with Gasteiger partial charge in [0, 0.05) is 37.9 Å². The van der Waals surface area contributed by atoms with Crippen molar-refractivity contribution in [2.24, 2.45) is 5.73 Å². The number of nitrogens with two attached hydrogens (primary N) is 1. The number of piperazine rings is 1. The molecule has 116 valence electrons. The second-order valence-corrected chi connectivity index (χ2v) is 5.94. The lowest BCUT2D eigenvalue weighted by Gasteiger charge is -2.39. The van der Waals surface area contributed by atoms with E-state index in [2.05, 4.69) is 34.7 Å². The van der Waals surface area contributed by atoms with Crippen LogP contribution in [-0.4, -0.2) is 47.9 Å². The van der Waals surface area contributed by atoms with E-state index in [0.717, 1.165) is 48.8 Å². The standard InChI is InChI=1S/C16H27N5/c1-5-12(3)20-6-8-21(9-7-20)14-10-11(2)19-13(4)15(14)16(17)18/h10,12H,5-9H2,1-4H3,(H3,17,18). The average molecular weight is 289 g/mol. The van der Waals surface area contributed by atoms with Gasteiger partial charge >= 0.3 is 0 Å². The molecule has 1 unspecified atom stereocenters. The second kappa shape index (κ2) is 6.43. The van der Waals surface area contributed by atoms with E-state index in [-0.39, 0.29) is 5.84 Å². The van der Waals surface area contributed by atoms with E-state index in [4.69, 9.17) is 11.1 Å². The molecule has 3 N–H and O–H groups in total. The molecular formula is C16H27N5. The molecule has 1 aromatic heterocycles. The molecule has 0 aliphatic carbocycles. The van der Waals surface area contributed by atoms with Gasteiger partial charge in [0.15, 0.2) is 0 Å². The van der Waals surface area contributed by atoms with Crippen molar-refractivity contribution < 1.29 is 0 Å². The Kier molecular flexibility index (Phi) is 4.83. The van der Waals surface area contributed by atoms with Crippen molar-refractivity contribution in [2.45, 2.75) is 40.2 Å². The molecule has 1 aliphatic heterocycles. The zero-order valence-corrected chi connectivity index (χ0v) is 13.6. The molecule has 0 bridgehead atoms. The molecule has 0 amide bonds. The van der Waals surface area contributed by atoms with Gasteiger partial charge in [0.05, 0.1) is 16.9 Å². The van der Waals surface area contributed by atoms with Gasteiger partial charge in [0.1, 0.15) is 5.84 Å². The zero-order valence-electron chi connectivity index (χ0n) is 13.6. The summed E-state index contributed by atoms with van der Waals surface area (Å²) < 4.78 is 0. The highest BCUT2D eigenvalue weighted by molar-refractivity contribution is 6.01. The summed E-state index contributed by atoms with van der Waals surface area (Å²) in [5.74, 6) is 0.111. The Labute approximate surface area is 127 Å². The van der Waals surface area contributed by atoms with E-state index in [1.807, 2.05) is 13.8 Å². The van der Waals surface area contributed by atoms with E-state index >= 15 is 0 Å². The van der Waals surface area contributed by atoms with Crippen molar-refractivity contribution in [1.29, 1.82) is 5.41 Å². The van der Waals surface area contributed by atoms with Crippen molar-refractivity contribution in [3.05, 3.63) is 23.0 Å². The lowest BCUT2D eigenvalue weighted by atomic mass is 10.1. The molecule has 5 nitrogen and oxygen atoms in total. The van der Waals surface area contributed by atoms with Crippen LogP contribution in [-0.2, 0) is 0 Å². The highest BCUT2D eigenvalue weighted by Crippen LogP contribution is 2.25. The van der Waals surface area contributed by atoms with Crippen LogP contribution < -0.4 is 10.6 Å². The number of nitrogens with one attached hydrogen (secondary N) is 1. The van der Waals surface area contributed by atoms with Crippen LogP contribution in [0.25, 0.3) is 0 Å². The molecule has 1 saturated heterocycles. The first-order valence-corrected chi connectivity index (χ1v) is 7.75. The number of anilines is 1. The van der Waals surface area contributed by atoms with E-state index in [0.29, 0.717) is 6.04 Å². The molecular weight excluding hydrogens is 262 g/mol. The van der Waals surface area contributed by atoms with Crippen LogP contribution >= 0.6 is 0 Å². The van der Waals surface area contributed by atoms with E-state index in [1.54, 1.807) is 0 Å². The van der Waals surface area contributed by atoms with Gasteiger partial charge < -0.3 is 10.6 Å². The summed E-state index contributed by atoms with van der Waals surface area (Å²) in [4.78, 5) is 9.33. The van der Waals surface area contributed by atoms with Gasteiger partial charge in [-0.1, -0.05) is 6.92 Å². The number of nitrogens with zero attached hydrogens (tertiary/aromatic N) is 3. The molecule has 21 heavy (non-hydrogen) atoms. The van der Waals surface area contributed by atoms with Crippen LogP contribution in [0.5, 0.6) is 0 Å². The minimum Gasteiger partial charge on any atom is -0.384 e. The number of amidine groups is 1. The number of aryl methyl sites for hydroxylation is 2. The maximum absolute atomic E-state index is 7.84. The molecule has 1 aliphatic rings. The van der Waals surface area contributed by atoms with Crippen LogP contribution in [0.3, 0.4) is 0 Å². The van der Waals surface area contributed by atoms with Crippen LogP contribution in [0.15, 0.2) is 6.07 Å². The molecule has 5 heteroatoms. The molecule has 0 spiro atoms. The largest absolute Gasteiger partial charge is 0.384 e. The molecule has 1 aromatic rings. The summed E-state index contributed by atoms with van der Waals surface area (Å²) in [6.07, 6.45) is 1.19. The van der Waals surface area contributed by atoms with Crippen molar-refractivity contribution in [1.82, 2.24) is 9.88 Å². The second-order valence-electron chi connectivity index (χ2n) is 5.94. The first-order chi connectivity index (χ1) is 9.93. The molecule has 2 rings (SSSR count). The van der Waals surface area contributed by atoms with Gasteiger partial charge in [0.25, 0.3) is 0 Å². The predicted octanol–water partition coefficient (Wildman–Crippen LogP) is 1.90. The molecule has 0 radical (unpaired) electrons. The van der Waals surface area contributed by atoms with E-state index in [1.165, 1.54) is 6.42 Å². The number of hydrogen-bond acceptors (Lipinski definition) is 4. The van der Waals surface area contributed by atoms with Crippen molar-refractivity contribution in [2.75, 3.05) is 31.1 Å². The van der Waals surface area contributed by atoms with E-state index < -0.39 is 0 Å².